The minimum Gasteiger partial charge on any atom is -0.465 e. The molecule has 54 heavy (non-hydrogen) atoms. The number of ether oxygens (including phenoxy) is 1. The number of nitrogens with zero attached hydrogens (tertiary/aromatic N) is 5. The number of anilines is 1. The summed E-state index contributed by atoms with van der Waals surface area (Å²) in [6.07, 6.45) is 9.29. The molecule has 0 spiro atoms. The van der Waals surface area contributed by atoms with E-state index in [0.717, 1.165) is 63.1 Å². The standard InChI is InChI=1S/C39H56N8O7/c1-38(2,3)54-37(53)43-39(4,5)33(48)44-18-20-45(21-19-44)34(49)41-32-16-17-46(35(50)42-32)30-12-8-27-23-31(13-9-26(27)22-30)47(24-25-6-7-25)29-14-10-28(11-15-29)40-36(51)52/h8,12,16-17,22,25,28-29,31,40H,6-7,9-11,13-15,18-21,23-24H2,1-5H3,(H,43,53)(H,51,52)(H,41,42,49,50). The number of aromatic nitrogens is 2. The number of piperazine rings is 1. The van der Waals surface area contributed by atoms with Crippen LogP contribution >= 0.6 is 0 Å². The van der Waals surface area contributed by atoms with Crippen molar-refractivity contribution >= 4 is 29.9 Å². The Morgan fingerprint density at radius 1 is 0.889 bits per heavy atom. The Labute approximate surface area is 316 Å². The molecule has 2 saturated carbocycles. The summed E-state index contributed by atoms with van der Waals surface area (Å²) in [6, 6.07) is 8.33. The largest absolute Gasteiger partial charge is 0.465 e. The number of fused-ring (bicyclic) bond motifs is 1. The van der Waals surface area contributed by atoms with Crippen LogP contribution in [0.4, 0.5) is 20.2 Å². The topological polar surface area (TPSA) is 178 Å². The van der Waals surface area contributed by atoms with Gasteiger partial charge in [0.1, 0.15) is 17.0 Å². The van der Waals surface area contributed by atoms with Gasteiger partial charge in [-0.3, -0.25) is 19.6 Å². The molecule has 2 aromatic rings. The smallest absolute Gasteiger partial charge is 0.408 e. The van der Waals surface area contributed by atoms with Crippen molar-refractivity contribution in [3.8, 4) is 5.69 Å². The van der Waals surface area contributed by atoms with Crippen LogP contribution in [0.25, 0.3) is 5.69 Å². The van der Waals surface area contributed by atoms with Crippen LogP contribution in [0.15, 0.2) is 35.3 Å². The Balaban J connectivity index is 1.02. The predicted octanol–water partition coefficient (Wildman–Crippen LogP) is 4.36. The van der Waals surface area contributed by atoms with E-state index < -0.39 is 35.0 Å². The molecule has 1 atom stereocenters. The van der Waals surface area contributed by atoms with Gasteiger partial charge >= 0.3 is 23.9 Å². The van der Waals surface area contributed by atoms with Crippen molar-refractivity contribution in [3.63, 3.8) is 0 Å². The summed E-state index contributed by atoms with van der Waals surface area (Å²) in [6.45, 7) is 10.7. The van der Waals surface area contributed by atoms with Gasteiger partial charge in [0.2, 0.25) is 5.91 Å². The van der Waals surface area contributed by atoms with Gasteiger partial charge in [-0.15, -0.1) is 0 Å². The van der Waals surface area contributed by atoms with Gasteiger partial charge in [0.25, 0.3) is 0 Å². The number of carbonyl (C=O) groups excluding carboxylic acids is 3. The van der Waals surface area contributed by atoms with E-state index in [1.807, 2.05) is 6.07 Å². The maximum absolute atomic E-state index is 13.2. The molecule has 4 aliphatic rings. The van der Waals surface area contributed by atoms with Crippen molar-refractivity contribution in [1.82, 2.24) is 34.9 Å². The molecule has 0 radical (unpaired) electrons. The maximum Gasteiger partial charge on any atom is 0.408 e. The van der Waals surface area contributed by atoms with Crippen molar-refractivity contribution in [2.75, 3.05) is 38.0 Å². The first-order chi connectivity index (χ1) is 25.5. The van der Waals surface area contributed by atoms with Crippen LogP contribution in [-0.4, -0.2) is 115 Å². The number of rotatable bonds is 9. The molecule has 1 saturated heterocycles. The summed E-state index contributed by atoms with van der Waals surface area (Å²) < 4.78 is 6.79. The van der Waals surface area contributed by atoms with Crippen LogP contribution in [0.5, 0.6) is 0 Å². The normalized spacial score (nSPS) is 21.9. The van der Waals surface area contributed by atoms with Gasteiger partial charge in [0.15, 0.2) is 0 Å². The second-order valence-corrected chi connectivity index (χ2v) is 16.9. The maximum atomic E-state index is 13.2. The summed E-state index contributed by atoms with van der Waals surface area (Å²) >= 11 is 0. The molecule has 3 aliphatic carbocycles. The lowest BCUT2D eigenvalue weighted by molar-refractivity contribution is -0.138. The molecule has 1 unspecified atom stereocenters. The van der Waals surface area contributed by atoms with E-state index in [-0.39, 0.29) is 43.9 Å². The van der Waals surface area contributed by atoms with E-state index in [1.54, 1.807) is 56.7 Å². The van der Waals surface area contributed by atoms with Crippen LogP contribution in [0, 0.1) is 5.92 Å². The lowest BCUT2D eigenvalue weighted by Crippen LogP contribution is -2.60. The number of aryl methyl sites for hydroxylation is 1. The zero-order valence-electron chi connectivity index (χ0n) is 32.2. The Morgan fingerprint density at radius 3 is 2.20 bits per heavy atom. The predicted molar refractivity (Wildman–Crippen MR) is 203 cm³/mol. The molecule has 15 nitrogen and oxygen atoms in total. The second kappa shape index (κ2) is 16.0. The van der Waals surface area contributed by atoms with Gasteiger partial charge in [0, 0.05) is 57.0 Å². The molecular formula is C39H56N8O7. The molecule has 0 bridgehead atoms. The minimum absolute atomic E-state index is 0.0474. The summed E-state index contributed by atoms with van der Waals surface area (Å²) in [4.78, 5) is 73.0. The molecule has 1 aliphatic heterocycles. The van der Waals surface area contributed by atoms with Crippen molar-refractivity contribution in [2.45, 2.75) is 122 Å². The molecule has 1 aromatic carbocycles. The van der Waals surface area contributed by atoms with Crippen LogP contribution in [0.2, 0.25) is 0 Å². The number of amides is 5. The average Bonchev–Trinajstić information content (AvgIpc) is 3.93. The number of hydrogen-bond acceptors (Lipinski definition) is 8. The van der Waals surface area contributed by atoms with Crippen molar-refractivity contribution in [2.24, 2.45) is 5.92 Å². The number of carboxylic acid groups (broad SMARTS) is 1. The fourth-order valence-corrected chi connectivity index (χ4v) is 8.05. The monoisotopic (exact) mass is 748 g/mol. The summed E-state index contributed by atoms with van der Waals surface area (Å²) in [5, 5.41) is 17.2. The number of carbonyl (C=O) groups is 4. The van der Waals surface area contributed by atoms with E-state index >= 15 is 0 Å². The van der Waals surface area contributed by atoms with Gasteiger partial charge in [-0.2, -0.15) is 4.98 Å². The minimum atomic E-state index is -1.19. The molecule has 3 fully saturated rings. The van der Waals surface area contributed by atoms with Gasteiger partial charge in [-0.05, 0) is 128 Å². The molecule has 1 aromatic heterocycles. The van der Waals surface area contributed by atoms with Gasteiger partial charge < -0.3 is 30.3 Å². The Bertz CT molecular complexity index is 1770. The molecular weight excluding hydrogens is 692 g/mol. The fourth-order valence-electron chi connectivity index (χ4n) is 8.05. The number of hydrogen-bond donors (Lipinski definition) is 4. The first kappa shape index (κ1) is 39.0. The fraction of sp³-hybridized carbons (Fsp3) is 0.641. The highest BCUT2D eigenvalue weighted by molar-refractivity contribution is 5.90. The number of urea groups is 1. The Kier molecular flexibility index (Phi) is 11.6. The third kappa shape index (κ3) is 9.90. The highest BCUT2D eigenvalue weighted by atomic mass is 16.6. The van der Waals surface area contributed by atoms with Crippen LogP contribution < -0.4 is 21.6 Å². The molecule has 15 heteroatoms. The SMILES string of the molecule is CC(C)(C)OC(=O)NC(C)(C)C(=O)N1CCN(C(=O)Nc2ccn(-c3ccc4c(c3)CCC(N(CC3CC3)C3CCC(NC(=O)O)CC3)C4)c(=O)n2)CC1. The number of alkyl carbamates (subject to hydrolysis) is 1. The van der Waals surface area contributed by atoms with E-state index in [0.29, 0.717) is 12.1 Å². The van der Waals surface area contributed by atoms with E-state index in [4.69, 9.17) is 9.84 Å². The zero-order valence-corrected chi connectivity index (χ0v) is 32.2. The lowest BCUT2D eigenvalue weighted by Gasteiger charge is -2.43. The van der Waals surface area contributed by atoms with Gasteiger partial charge in [-0.25, -0.2) is 19.2 Å². The number of benzene rings is 1. The van der Waals surface area contributed by atoms with Crippen molar-refractivity contribution in [1.29, 1.82) is 0 Å². The lowest BCUT2D eigenvalue weighted by atomic mass is 9.84. The Morgan fingerprint density at radius 2 is 1.57 bits per heavy atom. The van der Waals surface area contributed by atoms with Crippen LogP contribution in [0.1, 0.15) is 90.7 Å². The van der Waals surface area contributed by atoms with E-state index in [2.05, 4.69) is 38.0 Å². The molecule has 294 valence electrons. The highest BCUT2D eigenvalue weighted by Gasteiger charge is 2.38. The third-order valence-corrected chi connectivity index (χ3v) is 11.0. The zero-order chi connectivity index (χ0) is 38.8. The highest BCUT2D eigenvalue weighted by Crippen LogP contribution is 2.37. The molecule has 2 heterocycles. The molecule has 5 amide bonds. The summed E-state index contributed by atoms with van der Waals surface area (Å²) in [5.41, 5.74) is 0.871. The average molecular weight is 749 g/mol. The first-order valence-corrected chi connectivity index (χ1v) is 19.4. The summed E-state index contributed by atoms with van der Waals surface area (Å²) in [7, 11) is 0. The van der Waals surface area contributed by atoms with Crippen molar-refractivity contribution in [3.05, 3.63) is 52.1 Å². The van der Waals surface area contributed by atoms with Gasteiger partial charge in [0.05, 0.1) is 5.69 Å². The van der Waals surface area contributed by atoms with Crippen LogP contribution in [-0.2, 0) is 22.4 Å². The van der Waals surface area contributed by atoms with Crippen molar-refractivity contribution < 1.29 is 29.0 Å². The quantitative estimate of drug-likeness (QED) is 0.290. The summed E-state index contributed by atoms with van der Waals surface area (Å²) in [5.74, 6) is 0.639. The number of nitrogens with one attached hydrogen (secondary N) is 3. The Hall–Kier alpha value is -4.66. The van der Waals surface area contributed by atoms with E-state index in [9.17, 15) is 24.0 Å². The molecule has 6 rings (SSSR count). The first-order valence-electron chi connectivity index (χ1n) is 19.4. The second-order valence-electron chi connectivity index (χ2n) is 16.9. The van der Waals surface area contributed by atoms with E-state index in [1.165, 1.54) is 28.5 Å². The van der Waals surface area contributed by atoms with Crippen LogP contribution in [0.3, 0.4) is 0 Å². The molecule has 4 N–H and O–H groups in total. The van der Waals surface area contributed by atoms with Gasteiger partial charge in [-0.1, -0.05) is 6.07 Å². The third-order valence-electron chi connectivity index (χ3n) is 11.0.